The Morgan fingerprint density at radius 3 is 2.81 bits per heavy atom. The van der Waals surface area contributed by atoms with Crippen LogP contribution >= 0.6 is 11.8 Å². The first-order chi connectivity index (χ1) is 7.64. The van der Waals surface area contributed by atoms with E-state index in [-0.39, 0.29) is 5.91 Å². The quantitative estimate of drug-likeness (QED) is 0.745. The van der Waals surface area contributed by atoms with E-state index in [1.807, 2.05) is 0 Å². The van der Waals surface area contributed by atoms with E-state index in [0.717, 1.165) is 12.2 Å². The zero-order valence-electron chi connectivity index (χ0n) is 8.90. The standard InChI is InChI=1S/C10H15NO4S/c12-8(7-2-1-4-15-7)11-10(9(13)14)3-5-16-6-10/h7H,1-6H2,(H,11,12)(H,13,14)/t7-,10?/m1/s1. The van der Waals surface area contributed by atoms with E-state index in [1.54, 1.807) is 11.8 Å². The highest BCUT2D eigenvalue weighted by atomic mass is 32.2. The number of aliphatic carboxylic acids is 1. The molecule has 0 aliphatic carbocycles. The van der Waals surface area contributed by atoms with Crippen LogP contribution in [0.2, 0.25) is 0 Å². The Labute approximate surface area is 97.9 Å². The highest BCUT2D eigenvalue weighted by Crippen LogP contribution is 2.28. The Hall–Kier alpha value is -0.750. The predicted octanol–water partition coefficient (Wildman–Crippen LogP) is 0.242. The first kappa shape index (κ1) is 11.7. The number of carboxylic acid groups (broad SMARTS) is 1. The highest BCUT2D eigenvalue weighted by molar-refractivity contribution is 7.99. The van der Waals surface area contributed by atoms with Crippen LogP contribution in [0.4, 0.5) is 0 Å². The number of hydrogen-bond acceptors (Lipinski definition) is 4. The molecule has 0 aromatic rings. The van der Waals surface area contributed by atoms with E-state index < -0.39 is 17.6 Å². The Bertz CT molecular complexity index is 295. The van der Waals surface area contributed by atoms with Crippen LogP contribution in [0.3, 0.4) is 0 Å². The molecule has 0 bridgehead atoms. The predicted molar refractivity (Wildman–Crippen MR) is 59.4 cm³/mol. The second-order valence-electron chi connectivity index (χ2n) is 4.18. The summed E-state index contributed by atoms with van der Waals surface area (Å²) in [5, 5.41) is 11.8. The van der Waals surface area contributed by atoms with Crippen molar-refractivity contribution in [3.63, 3.8) is 0 Å². The summed E-state index contributed by atoms with van der Waals surface area (Å²) in [6.07, 6.45) is 1.59. The third kappa shape index (κ3) is 2.17. The van der Waals surface area contributed by atoms with E-state index in [0.29, 0.717) is 25.2 Å². The topological polar surface area (TPSA) is 75.6 Å². The summed E-state index contributed by atoms with van der Waals surface area (Å²) in [6, 6.07) is 0. The summed E-state index contributed by atoms with van der Waals surface area (Å²) in [4.78, 5) is 23.0. The second-order valence-corrected chi connectivity index (χ2v) is 5.29. The molecule has 2 saturated heterocycles. The van der Waals surface area contributed by atoms with Crippen LogP contribution in [0.1, 0.15) is 19.3 Å². The molecule has 2 heterocycles. The van der Waals surface area contributed by atoms with Crippen LogP contribution in [0, 0.1) is 0 Å². The molecule has 1 amide bonds. The summed E-state index contributed by atoms with van der Waals surface area (Å²) in [5.41, 5.74) is -1.08. The van der Waals surface area contributed by atoms with Gasteiger partial charge in [0.15, 0.2) is 0 Å². The third-order valence-corrected chi connectivity index (χ3v) is 4.21. The van der Waals surface area contributed by atoms with E-state index in [9.17, 15) is 14.7 Å². The Kier molecular flexibility index (Phi) is 3.39. The number of amides is 1. The lowest BCUT2D eigenvalue weighted by atomic mass is 9.98. The molecule has 6 heteroatoms. The highest BCUT2D eigenvalue weighted by Gasteiger charge is 2.44. The van der Waals surface area contributed by atoms with Gasteiger partial charge in [0.1, 0.15) is 11.6 Å². The summed E-state index contributed by atoms with van der Waals surface area (Å²) in [6.45, 7) is 0.590. The maximum Gasteiger partial charge on any atom is 0.330 e. The number of carbonyl (C=O) groups is 2. The zero-order chi connectivity index (χ0) is 11.6. The third-order valence-electron chi connectivity index (χ3n) is 3.02. The van der Waals surface area contributed by atoms with Gasteiger partial charge in [-0.2, -0.15) is 11.8 Å². The molecule has 90 valence electrons. The molecule has 1 unspecified atom stereocenters. The lowest BCUT2D eigenvalue weighted by Gasteiger charge is -2.25. The van der Waals surface area contributed by atoms with Gasteiger partial charge in [-0.15, -0.1) is 0 Å². The van der Waals surface area contributed by atoms with Gasteiger partial charge in [0.05, 0.1) is 0 Å². The van der Waals surface area contributed by atoms with Crippen molar-refractivity contribution in [2.24, 2.45) is 0 Å². The monoisotopic (exact) mass is 245 g/mol. The van der Waals surface area contributed by atoms with Crippen LogP contribution in [0.15, 0.2) is 0 Å². The Morgan fingerprint density at radius 1 is 1.50 bits per heavy atom. The molecule has 0 radical (unpaired) electrons. The molecule has 2 N–H and O–H groups in total. The van der Waals surface area contributed by atoms with Gasteiger partial charge < -0.3 is 15.2 Å². The molecule has 2 fully saturated rings. The molecule has 2 aliphatic heterocycles. The Balaban J connectivity index is 2.00. The van der Waals surface area contributed by atoms with Crippen molar-refractivity contribution in [2.75, 3.05) is 18.1 Å². The Morgan fingerprint density at radius 2 is 2.31 bits per heavy atom. The van der Waals surface area contributed by atoms with Crippen LogP contribution in [-0.4, -0.2) is 46.7 Å². The summed E-state index contributed by atoms with van der Waals surface area (Å²) in [5.74, 6) is 0.00469. The minimum Gasteiger partial charge on any atom is -0.479 e. The summed E-state index contributed by atoms with van der Waals surface area (Å²) in [7, 11) is 0. The first-order valence-electron chi connectivity index (χ1n) is 5.39. The fourth-order valence-electron chi connectivity index (χ4n) is 1.99. The number of hydrogen-bond donors (Lipinski definition) is 2. The molecular formula is C10H15NO4S. The minimum absolute atomic E-state index is 0.276. The molecule has 0 saturated carbocycles. The number of carboxylic acids is 1. The van der Waals surface area contributed by atoms with Crippen LogP contribution < -0.4 is 5.32 Å². The van der Waals surface area contributed by atoms with Crippen molar-refractivity contribution in [3.8, 4) is 0 Å². The van der Waals surface area contributed by atoms with Crippen molar-refractivity contribution in [1.29, 1.82) is 0 Å². The van der Waals surface area contributed by atoms with E-state index >= 15 is 0 Å². The van der Waals surface area contributed by atoms with Gasteiger partial charge in [0.2, 0.25) is 5.91 Å². The van der Waals surface area contributed by atoms with Crippen molar-refractivity contribution in [3.05, 3.63) is 0 Å². The van der Waals surface area contributed by atoms with Crippen LogP contribution in [0.25, 0.3) is 0 Å². The second kappa shape index (κ2) is 4.63. The number of nitrogens with one attached hydrogen (secondary N) is 1. The zero-order valence-corrected chi connectivity index (χ0v) is 9.72. The number of carbonyl (C=O) groups excluding carboxylic acids is 1. The van der Waals surface area contributed by atoms with E-state index in [4.69, 9.17) is 4.74 Å². The fraction of sp³-hybridized carbons (Fsp3) is 0.800. The largest absolute Gasteiger partial charge is 0.479 e. The lowest BCUT2D eigenvalue weighted by molar-refractivity contribution is -0.148. The van der Waals surface area contributed by atoms with Crippen LogP contribution in [0.5, 0.6) is 0 Å². The van der Waals surface area contributed by atoms with E-state index in [2.05, 4.69) is 5.32 Å². The molecule has 0 spiro atoms. The normalized spacial score (nSPS) is 33.9. The molecule has 0 aromatic carbocycles. The molecule has 0 aromatic heterocycles. The number of ether oxygens (including phenoxy) is 1. The minimum atomic E-state index is -1.08. The summed E-state index contributed by atoms with van der Waals surface area (Å²) >= 11 is 1.56. The van der Waals surface area contributed by atoms with Gasteiger partial charge in [0.25, 0.3) is 0 Å². The maximum atomic E-state index is 11.8. The molecular weight excluding hydrogens is 230 g/mol. The van der Waals surface area contributed by atoms with Gasteiger partial charge in [-0.05, 0) is 25.0 Å². The van der Waals surface area contributed by atoms with Crippen molar-refractivity contribution in [1.82, 2.24) is 5.32 Å². The van der Waals surface area contributed by atoms with Gasteiger partial charge in [-0.25, -0.2) is 4.79 Å². The average molecular weight is 245 g/mol. The smallest absolute Gasteiger partial charge is 0.330 e. The average Bonchev–Trinajstić information content (AvgIpc) is 2.88. The van der Waals surface area contributed by atoms with Gasteiger partial charge in [-0.3, -0.25) is 4.79 Å². The number of thioether (sulfide) groups is 1. The van der Waals surface area contributed by atoms with Crippen LogP contribution in [-0.2, 0) is 14.3 Å². The molecule has 2 aliphatic rings. The molecule has 2 atom stereocenters. The van der Waals surface area contributed by atoms with Gasteiger partial charge in [0, 0.05) is 12.4 Å². The molecule has 5 nitrogen and oxygen atoms in total. The molecule has 2 rings (SSSR count). The van der Waals surface area contributed by atoms with Gasteiger partial charge >= 0.3 is 5.97 Å². The first-order valence-corrected chi connectivity index (χ1v) is 6.54. The van der Waals surface area contributed by atoms with E-state index in [1.165, 1.54) is 0 Å². The maximum absolute atomic E-state index is 11.8. The molecule has 16 heavy (non-hydrogen) atoms. The van der Waals surface area contributed by atoms with Crippen molar-refractivity contribution < 1.29 is 19.4 Å². The SMILES string of the molecule is O=C(NC1(C(=O)O)CCSC1)[C@H]1CCCO1. The lowest BCUT2D eigenvalue weighted by Crippen LogP contribution is -2.57. The number of rotatable bonds is 3. The van der Waals surface area contributed by atoms with Crippen molar-refractivity contribution in [2.45, 2.75) is 30.9 Å². The van der Waals surface area contributed by atoms with Crippen molar-refractivity contribution >= 4 is 23.6 Å². The fourth-order valence-corrected chi connectivity index (χ4v) is 3.31. The summed E-state index contributed by atoms with van der Waals surface area (Å²) < 4.78 is 5.24. The van der Waals surface area contributed by atoms with Gasteiger partial charge in [-0.1, -0.05) is 0 Å².